The second kappa shape index (κ2) is 8.00. The molecule has 0 spiro atoms. The van der Waals surface area contributed by atoms with Crippen LogP contribution in [0.1, 0.15) is 0 Å². The smallest absolute Gasteiger partial charge is 0.325 e. The lowest BCUT2D eigenvalue weighted by Gasteiger charge is -2.14. The zero-order chi connectivity index (χ0) is 17.6. The lowest BCUT2D eigenvalue weighted by Crippen LogP contribution is -2.19. The molecule has 2 aromatic carbocycles. The van der Waals surface area contributed by atoms with E-state index in [2.05, 4.69) is 15.6 Å². The predicted molar refractivity (Wildman–Crippen MR) is 99.5 cm³/mol. The van der Waals surface area contributed by atoms with E-state index in [0.29, 0.717) is 16.6 Å². The molecule has 1 heterocycles. The maximum atomic E-state index is 13.7. The number of urea groups is 1. The van der Waals surface area contributed by atoms with Crippen molar-refractivity contribution in [3.8, 4) is 11.5 Å². The minimum absolute atomic E-state index is 0.218. The molecule has 8 heteroatoms. The second-order valence-corrected chi connectivity index (χ2v) is 6.55. The van der Waals surface area contributed by atoms with Crippen molar-refractivity contribution < 1.29 is 13.9 Å². The topological polar surface area (TPSA) is 63.2 Å². The van der Waals surface area contributed by atoms with Crippen LogP contribution in [-0.2, 0) is 0 Å². The van der Waals surface area contributed by atoms with Crippen molar-refractivity contribution in [1.29, 1.82) is 0 Å². The van der Waals surface area contributed by atoms with Gasteiger partial charge in [0.05, 0.1) is 5.69 Å². The fraction of sp³-hybridized carbons (Fsp3) is 0.0588. The highest BCUT2D eigenvalue weighted by atomic mass is 32.2. The van der Waals surface area contributed by atoms with Crippen LogP contribution in [0, 0.1) is 5.82 Å². The van der Waals surface area contributed by atoms with E-state index in [1.165, 1.54) is 41.3 Å². The normalized spacial score (nSPS) is 10.3. The Kier molecular flexibility index (Phi) is 5.52. The Labute approximate surface area is 152 Å². The molecule has 1 aromatic heterocycles. The highest BCUT2D eigenvalue weighted by Crippen LogP contribution is 2.35. The average Bonchev–Trinajstić information content (AvgIpc) is 3.10. The number of halogens is 1. The first-order chi connectivity index (χ1) is 12.2. The van der Waals surface area contributed by atoms with Gasteiger partial charge in [-0.1, -0.05) is 12.1 Å². The molecule has 0 saturated heterocycles. The lowest BCUT2D eigenvalue weighted by molar-refractivity contribution is 0.262. The molecule has 5 nitrogen and oxygen atoms in total. The van der Waals surface area contributed by atoms with Gasteiger partial charge in [0.1, 0.15) is 11.6 Å². The van der Waals surface area contributed by atoms with Crippen LogP contribution < -0.4 is 15.4 Å². The van der Waals surface area contributed by atoms with Crippen LogP contribution in [0.2, 0.25) is 0 Å². The number of benzene rings is 2. The van der Waals surface area contributed by atoms with Crippen molar-refractivity contribution in [3.05, 3.63) is 59.9 Å². The summed E-state index contributed by atoms with van der Waals surface area (Å²) < 4.78 is 19.5. The second-order valence-electron chi connectivity index (χ2n) is 4.81. The van der Waals surface area contributed by atoms with Crippen LogP contribution in [0.15, 0.2) is 58.9 Å². The number of carbonyl (C=O) groups is 1. The summed E-state index contributed by atoms with van der Waals surface area (Å²) in [5.41, 5.74) is 0.353. The number of nitrogens with one attached hydrogen (secondary N) is 2. The van der Waals surface area contributed by atoms with Crippen molar-refractivity contribution in [2.45, 2.75) is 4.90 Å². The summed E-state index contributed by atoms with van der Waals surface area (Å²) in [5.74, 6) is 0.349. The van der Waals surface area contributed by atoms with Gasteiger partial charge in [-0.15, -0.1) is 23.1 Å². The highest BCUT2D eigenvalue weighted by molar-refractivity contribution is 7.98. The minimum Gasteiger partial charge on any atom is -0.454 e. The van der Waals surface area contributed by atoms with Gasteiger partial charge in [0.25, 0.3) is 0 Å². The molecule has 2 N–H and O–H groups in total. The molecule has 2 amide bonds. The van der Waals surface area contributed by atoms with Crippen LogP contribution in [0.4, 0.5) is 20.0 Å². The Morgan fingerprint density at radius 1 is 1.20 bits per heavy atom. The van der Waals surface area contributed by atoms with E-state index in [1.54, 1.807) is 17.6 Å². The van der Waals surface area contributed by atoms with Gasteiger partial charge >= 0.3 is 6.03 Å². The van der Waals surface area contributed by atoms with Gasteiger partial charge in [-0.25, -0.2) is 14.2 Å². The van der Waals surface area contributed by atoms with Crippen molar-refractivity contribution >= 4 is 39.9 Å². The SMILES string of the molecule is CSc1ccccc1Oc1cc(F)ccc1NC(=O)Nc1nccs1. The van der Waals surface area contributed by atoms with Crippen molar-refractivity contribution in [3.63, 3.8) is 0 Å². The number of thioether (sulfide) groups is 1. The average molecular weight is 375 g/mol. The first kappa shape index (κ1) is 17.2. The van der Waals surface area contributed by atoms with Gasteiger partial charge in [-0.3, -0.25) is 5.32 Å². The first-order valence-electron chi connectivity index (χ1n) is 7.23. The van der Waals surface area contributed by atoms with Crippen LogP contribution in [-0.4, -0.2) is 17.3 Å². The Morgan fingerprint density at radius 3 is 2.80 bits per heavy atom. The molecule has 3 rings (SSSR count). The molecule has 0 fully saturated rings. The van der Waals surface area contributed by atoms with Crippen molar-refractivity contribution in [2.24, 2.45) is 0 Å². The number of hydrogen-bond donors (Lipinski definition) is 2. The summed E-state index contributed by atoms with van der Waals surface area (Å²) in [6.45, 7) is 0. The third kappa shape index (κ3) is 4.49. The summed E-state index contributed by atoms with van der Waals surface area (Å²) in [6, 6.07) is 10.9. The molecule has 0 saturated carbocycles. The number of rotatable bonds is 5. The number of anilines is 2. The first-order valence-corrected chi connectivity index (χ1v) is 9.34. The highest BCUT2D eigenvalue weighted by Gasteiger charge is 2.12. The molecule has 0 aliphatic carbocycles. The van der Waals surface area contributed by atoms with E-state index in [4.69, 9.17) is 4.74 Å². The molecule has 0 aliphatic heterocycles. The van der Waals surface area contributed by atoms with Gasteiger partial charge in [0.2, 0.25) is 0 Å². The van der Waals surface area contributed by atoms with E-state index < -0.39 is 11.8 Å². The van der Waals surface area contributed by atoms with Crippen LogP contribution >= 0.6 is 23.1 Å². The van der Waals surface area contributed by atoms with Crippen LogP contribution in [0.3, 0.4) is 0 Å². The fourth-order valence-electron chi connectivity index (χ4n) is 2.04. The van der Waals surface area contributed by atoms with Crippen LogP contribution in [0.25, 0.3) is 0 Å². The molecule has 0 radical (unpaired) electrons. The van der Waals surface area contributed by atoms with E-state index in [-0.39, 0.29) is 5.75 Å². The van der Waals surface area contributed by atoms with Gasteiger partial charge in [-0.05, 0) is 30.5 Å². The Balaban J connectivity index is 1.81. The maximum absolute atomic E-state index is 13.7. The largest absolute Gasteiger partial charge is 0.454 e. The predicted octanol–water partition coefficient (Wildman–Crippen LogP) is 5.44. The number of para-hydroxylation sites is 1. The van der Waals surface area contributed by atoms with E-state index in [9.17, 15) is 9.18 Å². The molecular formula is C17H14FN3O2S2. The van der Waals surface area contributed by atoms with Crippen molar-refractivity contribution in [2.75, 3.05) is 16.9 Å². The third-order valence-electron chi connectivity index (χ3n) is 3.13. The summed E-state index contributed by atoms with van der Waals surface area (Å²) >= 11 is 2.82. The number of amides is 2. The van der Waals surface area contributed by atoms with Crippen LogP contribution in [0.5, 0.6) is 11.5 Å². The molecular weight excluding hydrogens is 361 g/mol. The maximum Gasteiger partial charge on any atom is 0.325 e. The van der Waals surface area contributed by atoms with E-state index in [1.807, 2.05) is 24.5 Å². The number of nitrogens with zero attached hydrogens (tertiary/aromatic N) is 1. The minimum atomic E-state index is -0.482. The summed E-state index contributed by atoms with van der Waals surface area (Å²) in [4.78, 5) is 17.0. The molecule has 128 valence electrons. The molecule has 0 bridgehead atoms. The number of aromatic nitrogens is 1. The number of carbonyl (C=O) groups excluding carboxylic acids is 1. The fourth-order valence-corrected chi connectivity index (χ4v) is 3.09. The number of hydrogen-bond acceptors (Lipinski definition) is 5. The van der Waals surface area contributed by atoms with E-state index >= 15 is 0 Å². The van der Waals surface area contributed by atoms with Gasteiger partial charge in [0, 0.05) is 22.5 Å². The third-order valence-corrected chi connectivity index (χ3v) is 4.60. The molecule has 0 unspecified atom stereocenters. The zero-order valence-electron chi connectivity index (χ0n) is 13.2. The van der Waals surface area contributed by atoms with E-state index in [0.717, 1.165) is 4.90 Å². The molecule has 3 aromatic rings. The Hall–Kier alpha value is -2.58. The quantitative estimate of drug-likeness (QED) is 0.583. The van der Waals surface area contributed by atoms with Crippen molar-refractivity contribution in [1.82, 2.24) is 4.98 Å². The Bertz CT molecular complexity index is 872. The lowest BCUT2D eigenvalue weighted by atomic mass is 10.2. The summed E-state index contributed by atoms with van der Waals surface area (Å²) in [6.07, 6.45) is 3.51. The zero-order valence-corrected chi connectivity index (χ0v) is 14.8. The number of ether oxygens (including phenoxy) is 1. The number of thiazole rings is 1. The van der Waals surface area contributed by atoms with Gasteiger partial charge < -0.3 is 10.1 Å². The molecule has 25 heavy (non-hydrogen) atoms. The standard InChI is InChI=1S/C17H14FN3O2S2/c1-24-15-5-3-2-4-13(15)23-14-10-11(18)6-7-12(14)20-16(22)21-17-19-8-9-25-17/h2-10H,1H3,(H2,19,20,21,22). The van der Waals surface area contributed by atoms with Gasteiger partial charge in [-0.2, -0.15) is 0 Å². The Morgan fingerprint density at radius 2 is 2.04 bits per heavy atom. The van der Waals surface area contributed by atoms with Gasteiger partial charge in [0.15, 0.2) is 10.9 Å². The summed E-state index contributed by atoms with van der Waals surface area (Å²) in [5, 5.41) is 7.47. The monoisotopic (exact) mass is 375 g/mol. The summed E-state index contributed by atoms with van der Waals surface area (Å²) in [7, 11) is 0. The molecule has 0 aliphatic rings. The molecule has 0 atom stereocenters.